The molecule has 0 atom stereocenters. The molecule has 0 saturated heterocycles. The quantitative estimate of drug-likeness (QED) is 0.649. The van der Waals surface area contributed by atoms with Crippen LogP contribution in [-0.4, -0.2) is 18.5 Å². The molecule has 3 rings (SSSR count). The van der Waals surface area contributed by atoms with Gasteiger partial charge in [-0.15, -0.1) is 10.2 Å². The fourth-order valence-electron chi connectivity index (χ4n) is 1.87. The molecule has 0 radical (unpaired) electrons. The second kappa shape index (κ2) is 5.38. The molecular formula is C15H14N4S. The van der Waals surface area contributed by atoms with Gasteiger partial charge in [0.1, 0.15) is 0 Å². The summed E-state index contributed by atoms with van der Waals surface area (Å²) in [5, 5.41) is 10.5. The SMILES string of the molecule is CN(C)c1ccc(N=Nc2snc3ccccc23)cc1. The van der Waals surface area contributed by atoms with Gasteiger partial charge in [-0.05, 0) is 47.9 Å². The van der Waals surface area contributed by atoms with E-state index >= 15 is 0 Å². The van der Waals surface area contributed by atoms with E-state index in [0.717, 1.165) is 27.3 Å². The van der Waals surface area contributed by atoms with Gasteiger partial charge in [-0.1, -0.05) is 12.1 Å². The Morgan fingerprint density at radius 2 is 1.70 bits per heavy atom. The Morgan fingerprint density at radius 3 is 2.45 bits per heavy atom. The molecule has 0 amide bonds. The van der Waals surface area contributed by atoms with E-state index in [0.29, 0.717) is 0 Å². The van der Waals surface area contributed by atoms with Crippen molar-refractivity contribution in [3.8, 4) is 0 Å². The first-order valence-corrected chi connectivity index (χ1v) is 7.05. The van der Waals surface area contributed by atoms with Crippen LogP contribution < -0.4 is 4.90 Å². The Balaban J connectivity index is 1.86. The Hall–Kier alpha value is -2.27. The Morgan fingerprint density at radius 1 is 0.950 bits per heavy atom. The molecular weight excluding hydrogens is 268 g/mol. The van der Waals surface area contributed by atoms with Crippen LogP contribution >= 0.6 is 11.5 Å². The summed E-state index contributed by atoms with van der Waals surface area (Å²) in [5.41, 5.74) is 2.95. The topological polar surface area (TPSA) is 40.9 Å². The van der Waals surface area contributed by atoms with Crippen LogP contribution in [-0.2, 0) is 0 Å². The average molecular weight is 282 g/mol. The summed E-state index contributed by atoms with van der Waals surface area (Å²) in [6.45, 7) is 0. The van der Waals surface area contributed by atoms with Crippen molar-refractivity contribution in [1.82, 2.24) is 4.37 Å². The van der Waals surface area contributed by atoms with Crippen LogP contribution in [0.1, 0.15) is 0 Å². The molecule has 20 heavy (non-hydrogen) atoms. The van der Waals surface area contributed by atoms with Gasteiger partial charge in [-0.25, -0.2) is 0 Å². The third kappa shape index (κ3) is 2.53. The molecule has 3 aromatic rings. The largest absolute Gasteiger partial charge is 0.378 e. The summed E-state index contributed by atoms with van der Waals surface area (Å²) in [5.74, 6) is 0. The highest BCUT2D eigenvalue weighted by Gasteiger charge is 2.03. The van der Waals surface area contributed by atoms with E-state index < -0.39 is 0 Å². The highest BCUT2D eigenvalue weighted by atomic mass is 32.1. The second-order valence-electron chi connectivity index (χ2n) is 4.62. The zero-order chi connectivity index (χ0) is 13.9. The Kier molecular flexibility index (Phi) is 3.43. The molecule has 0 aliphatic heterocycles. The number of fused-ring (bicyclic) bond motifs is 1. The van der Waals surface area contributed by atoms with Crippen LogP contribution in [0.15, 0.2) is 58.8 Å². The maximum atomic E-state index is 4.35. The zero-order valence-electron chi connectivity index (χ0n) is 11.3. The van der Waals surface area contributed by atoms with Crippen molar-refractivity contribution in [2.24, 2.45) is 10.2 Å². The minimum absolute atomic E-state index is 0.841. The van der Waals surface area contributed by atoms with Crippen molar-refractivity contribution < 1.29 is 0 Å². The molecule has 0 aliphatic rings. The molecule has 0 unspecified atom stereocenters. The predicted molar refractivity (Wildman–Crippen MR) is 84.6 cm³/mol. The van der Waals surface area contributed by atoms with E-state index in [-0.39, 0.29) is 0 Å². The van der Waals surface area contributed by atoms with E-state index in [1.54, 1.807) is 0 Å². The van der Waals surface area contributed by atoms with E-state index in [9.17, 15) is 0 Å². The summed E-state index contributed by atoms with van der Waals surface area (Å²) in [7, 11) is 4.03. The first kappa shape index (κ1) is 12.7. The first-order valence-electron chi connectivity index (χ1n) is 6.27. The van der Waals surface area contributed by atoms with Crippen molar-refractivity contribution >= 4 is 38.8 Å². The fourth-order valence-corrected chi connectivity index (χ4v) is 2.56. The van der Waals surface area contributed by atoms with Gasteiger partial charge < -0.3 is 4.90 Å². The number of aromatic nitrogens is 1. The van der Waals surface area contributed by atoms with Crippen molar-refractivity contribution in [2.75, 3.05) is 19.0 Å². The van der Waals surface area contributed by atoms with Crippen molar-refractivity contribution in [1.29, 1.82) is 0 Å². The maximum Gasteiger partial charge on any atom is 0.166 e. The number of benzene rings is 2. The molecule has 0 spiro atoms. The van der Waals surface area contributed by atoms with Crippen molar-refractivity contribution in [3.05, 3.63) is 48.5 Å². The summed E-state index contributed by atoms with van der Waals surface area (Å²) in [4.78, 5) is 2.05. The zero-order valence-corrected chi connectivity index (χ0v) is 12.1. The van der Waals surface area contributed by atoms with E-state index in [1.165, 1.54) is 11.5 Å². The standard InChI is InChI=1S/C15H14N4S/c1-19(2)12-9-7-11(8-10-12)16-17-15-13-5-3-4-6-14(13)18-20-15/h3-10H,1-2H3. The van der Waals surface area contributed by atoms with Gasteiger partial charge in [0.15, 0.2) is 5.00 Å². The van der Waals surface area contributed by atoms with Gasteiger partial charge in [0.05, 0.1) is 11.2 Å². The van der Waals surface area contributed by atoms with E-state index in [2.05, 4.69) is 19.5 Å². The first-order chi connectivity index (χ1) is 9.74. The fraction of sp³-hybridized carbons (Fsp3) is 0.133. The lowest BCUT2D eigenvalue weighted by atomic mass is 10.2. The Bertz CT molecular complexity index is 744. The lowest BCUT2D eigenvalue weighted by molar-refractivity contribution is 1.13. The molecule has 0 N–H and O–H groups in total. The van der Waals surface area contributed by atoms with Gasteiger partial charge in [0, 0.05) is 25.2 Å². The lowest BCUT2D eigenvalue weighted by Crippen LogP contribution is -2.07. The highest BCUT2D eigenvalue weighted by Crippen LogP contribution is 2.31. The second-order valence-corrected chi connectivity index (χ2v) is 5.37. The van der Waals surface area contributed by atoms with Crippen LogP contribution in [0.5, 0.6) is 0 Å². The molecule has 5 heteroatoms. The van der Waals surface area contributed by atoms with E-state index in [1.807, 2.05) is 62.6 Å². The number of azo groups is 1. The summed E-state index contributed by atoms with van der Waals surface area (Å²) in [6.07, 6.45) is 0. The Labute approximate surface area is 121 Å². The molecule has 0 fully saturated rings. The third-order valence-corrected chi connectivity index (χ3v) is 3.75. The van der Waals surface area contributed by atoms with Crippen LogP contribution in [0.3, 0.4) is 0 Å². The van der Waals surface area contributed by atoms with Gasteiger partial charge in [0.2, 0.25) is 0 Å². The number of rotatable bonds is 3. The van der Waals surface area contributed by atoms with Crippen LogP contribution in [0.2, 0.25) is 0 Å². The average Bonchev–Trinajstić information content (AvgIpc) is 2.89. The van der Waals surface area contributed by atoms with Crippen molar-refractivity contribution in [2.45, 2.75) is 0 Å². The van der Waals surface area contributed by atoms with Gasteiger partial charge in [-0.3, -0.25) is 0 Å². The number of anilines is 1. The highest BCUT2D eigenvalue weighted by molar-refractivity contribution is 7.11. The van der Waals surface area contributed by atoms with Crippen LogP contribution in [0.25, 0.3) is 10.9 Å². The molecule has 0 aliphatic carbocycles. The summed E-state index contributed by atoms with van der Waals surface area (Å²) >= 11 is 1.37. The molecule has 4 nitrogen and oxygen atoms in total. The van der Waals surface area contributed by atoms with Crippen LogP contribution in [0.4, 0.5) is 16.4 Å². The van der Waals surface area contributed by atoms with E-state index in [4.69, 9.17) is 0 Å². The van der Waals surface area contributed by atoms with Gasteiger partial charge in [0.25, 0.3) is 0 Å². The molecule has 1 aromatic heterocycles. The number of hydrogen-bond donors (Lipinski definition) is 0. The molecule has 1 heterocycles. The summed E-state index contributed by atoms with van der Waals surface area (Å²) in [6, 6.07) is 15.9. The third-order valence-electron chi connectivity index (χ3n) is 2.99. The van der Waals surface area contributed by atoms with Crippen LogP contribution in [0, 0.1) is 0 Å². The van der Waals surface area contributed by atoms with Gasteiger partial charge in [-0.2, -0.15) is 4.37 Å². The number of nitrogens with zero attached hydrogens (tertiary/aromatic N) is 4. The normalized spacial score (nSPS) is 11.3. The minimum atomic E-state index is 0.841. The van der Waals surface area contributed by atoms with Crippen molar-refractivity contribution in [3.63, 3.8) is 0 Å². The van der Waals surface area contributed by atoms with Gasteiger partial charge >= 0.3 is 0 Å². The molecule has 0 saturated carbocycles. The number of hydrogen-bond acceptors (Lipinski definition) is 5. The summed E-state index contributed by atoms with van der Waals surface area (Å²) < 4.78 is 4.35. The molecule has 100 valence electrons. The monoisotopic (exact) mass is 282 g/mol. The lowest BCUT2D eigenvalue weighted by Gasteiger charge is -2.11. The maximum absolute atomic E-state index is 4.35. The predicted octanol–water partition coefficient (Wildman–Crippen LogP) is 4.78. The smallest absolute Gasteiger partial charge is 0.166 e. The molecule has 2 aromatic carbocycles. The molecule has 0 bridgehead atoms. The minimum Gasteiger partial charge on any atom is -0.378 e.